The summed E-state index contributed by atoms with van der Waals surface area (Å²) in [5, 5.41) is 0. The lowest BCUT2D eigenvalue weighted by molar-refractivity contribution is 0.00390. The van der Waals surface area contributed by atoms with Gasteiger partial charge in [-0.2, -0.15) is 0 Å². The summed E-state index contributed by atoms with van der Waals surface area (Å²) in [5.74, 6) is -3.23. The van der Waals surface area contributed by atoms with Crippen LogP contribution in [0, 0.1) is 18.7 Å². The molecule has 4 heteroatoms. The molecule has 0 spiro atoms. The first-order valence-electron chi connectivity index (χ1n) is 5.78. The van der Waals surface area contributed by atoms with Crippen LogP contribution in [0.15, 0.2) is 18.2 Å². The number of hydrogen-bond acceptors (Lipinski definition) is 1. The van der Waals surface area contributed by atoms with Crippen molar-refractivity contribution in [1.82, 2.24) is 0 Å². The minimum absolute atomic E-state index is 0.111. The predicted molar refractivity (Wildman–Crippen MR) is 60.4 cm³/mol. The molecule has 1 aliphatic rings. The van der Waals surface area contributed by atoms with Crippen LogP contribution in [-0.2, 0) is 0 Å². The second kappa shape index (κ2) is 4.33. The summed E-state index contributed by atoms with van der Waals surface area (Å²) in [5.41, 5.74) is 7.34. The lowest BCUT2D eigenvalue weighted by Crippen LogP contribution is -2.21. The van der Waals surface area contributed by atoms with E-state index in [9.17, 15) is 13.2 Å². The van der Waals surface area contributed by atoms with Gasteiger partial charge >= 0.3 is 0 Å². The Kier molecular flexibility index (Phi) is 3.17. The molecule has 1 aliphatic carbocycles. The van der Waals surface area contributed by atoms with Gasteiger partial charge in [-0.15, -0.1) is 0 Å². The van der Waals surface area contributed by atoms with E-state index in [0.717, 1.165) is 5.56 Å². The van der Waals surface area contributed by atoms with Crippen molar-refractivity contribution in [2.24, 2.45) is 11.7 Å². The Morgan fingerprint density at radius 3 is 2.59 bits per heavy atom. The van der Waals surface area contributed by atoms with Crippen LogP contribution in [0.25, 0.3) is 0 Å². The Morgan fingerprint density at radius 2 is 2.06 bits per heavy atom. The van der Waals surface area contributed by atoms with Crippen molar-refractivity contribution in [3.8, 4) is 0 Å². The Bertz CT molecular complexity index is 397. The monoisotopic (exact) mass is 243 g/mol. The summed E-state index contributed by atoms with van der Waals surface area (Å²) in [6.07, 6.45) is 0.104. The molecule has 0 amide bonds. The van der Waals surface area contributed by atoms with E-state index in [1.165, 1.54) is 12.1 Å². The molecule has 0 bridgehead atoms. The van der Waals surface area contributed by atoms with Gasteiger partial charge in [0.1, 0.15) is 5.82 Å². The molecule has 2 unspecified atom stereocenters. The molecule has 2 rings (SSSR count). The summed E-state index contributed by atoms with van der Waals surface area (Å²) in [6.45, 7) is 1.77. The van der Waals surface area contributed by atoms with Gasteiger partial charge in [0.15, 0.2) is 0 Å². The summed E-state index contributed by atoms with van der Waals surface area (Å²) in [6, 6.07) is 4.01. The molecule has 0 aromatic heterocycles. The molecule has 1 aromatic carbocycles. The third-order valence-corrected chi connectivity index (χ3v) is 3.40. The van der Waals surface area contributed by atoms with E-state index in [1.807, 2.05) is 0 Å². The zero-order chi connectivity index (χ0) is 12.6. The first kappa shape index (κ1) is 12.4. The number of nitrogens with two attached hydrogens (primary N) is 1. The van der Waals surface area contributed by atoms with Crippen molar-refractivity contribution in [2.45, 2.75) is 38.2 Å². The molecule has 0 heterocycles. The van der Waals surface area contributed by atoms with Gasteiger partial charge in [-0.25, -0.2) is 13.2 Å². The number of alkyl halides is 2. The molecule has 2 atom stereocenters. The first-order chi connectivity index (χ1) is 7.87. The van der Waals surface area contributed by atoms with E-state index in [1.54, 1.807) is 13.0 Å². The van der Waals surface area contributed by atoms with Gasteiger partial charge in [0, 0.05) is 18.9 Å². The fourth-order valence-corrected chi connectivity index (χ4v) is 2.52. The molecule has 0 aliphatic heterocycles. The van der Waals surface area contributed by atoms with Gasteiger partial charge in [-0.3, -0.25) is 0 Å². The van der Waals surface area contributed by atoms with Gasteiger partial charge in [0.25, 0.3) is 0 Å². The van der Waals surface area contributed by atoms with Crippen molar-refractivity contribution < 1.29 is 13.2 Å². The second-order valence-electron chi connectivity index (χ2n) is 4.95. The van der Waals surface area contributed by atoms with Crippen molar-refractivity contribution in [1.29, 1.82) is 0 Å². The minimum atomic E-state index is -2.61. The van der Waals surface area contributed by atoms with Crippen LogP contribution in [-0.4, -0.2) is 5.92 Å². The lowest BCUT2D eigenvalue weighted by Gasteiger charge is -2.20. The quantitative estimate of drug-likeness (QED) is 0.844. The Morgan fingerprint density at radius 1 is 1.35 bits per heavy atom. The van der Waals surface area contributed by atoms with E-state index in [2.05, 4.69) is 0 Å². The highest BCUT2D eigenvalue weighted by atomic mass is 19.3. The standard InChI is InChI=1S/C13H16F3N/c1-8-4-10(6-11(14)5-8)12(17)9-2-3-13(15,16)7-9/h4-6,9,12H,2-3,7,17H2,1H3. The van der Waals surface area contributed by atoms with Crippen LogP contribution in [0.5, 0.6) is 0 Å². The number of benzene rings is 1. The molecule has 1 nitrogen and oxygen atoms in total. The molecular formula is C13H16F3N. The highest BCUT2D eigenvalue weighted by Crippen LogP contribution is 2.43. The largest absolute Gasteiger partial charge is 0.324 e. The molecule has 94 valence electrons. The van der Waals surface area contributed by atoms with Crippen LogP contribution < -0.4 is 5.73 Å². The molecule has 1 saturated carbocycles. The average molecular weight is 243 g/mol. The van der Waals surface area contributed by atoms with Crippen LogP contribution in [0.2, 0.25) is 0 Å². The van der Waals surface area contributed by atoms with Crippen molar-refractivity contribution >= 4 is 0 Å². The molecule has 0 radical (unpaired) electrons. The molecular weight excluding hydrogens is 227 g/mol. The highest BCUT2D eigenvalue weighted by molar-refractivity contribution is 5.26. The Balaban J connectivity index is 2.17. The van der Waals surface area contributed by atoms with Crippen LogP contribution in [0.3, 0.4) is 0 Å². The van der Waals surface area contributed by atoms with E-state index < -0.39 is 12.0 Å². The van der Waals surface area contributed by atoms with Crippen molar-refractivity contribution in [3.05, 3.63) is 35.1 Å². The zero-order valence-corrected chi connectivity index (χ0v) is 9.72. The van der Waals surface area contributed by atoms with E-state index in [-0.39, 0.29) is 24.6 Å². The van der Waals surface area contributed by atoms with Crippen LogP contribution in [0.1, 0.15) is 36.4 Å². The summed E-state index contributed by atoms with van der Waals surface area (Å²) >= 11 is 0. The maximum Gasteiger partial charge on any atom is 0.248 e. The van der Waals surface area contributed by atoms with Gasteiger partial charge in [-0.1, -0.05) is 6.07 Å². The molecule has 0 saturated heterocycles. The Hall–Kier alpha value is -1.03. The third-order valence-electron chi connectivity index (χ3n) is 3.40. The lowest BCUT2D eigenvalue weighted by atomic mass is 9.91. The SMILES string of the molecule is Cc1cc(F)cc(C(N)C2CCC(F)(F)C2)c1. The molecule has 1 fully saturated rings. The predicted octanol–water partition coefficient (Wildman–Crippen LogP) is 3.57. The zero-order valence-electron chi connectivity index (χ0n) is 9.72. The Labute approximate surface area is 98.8 Å². The van der Waals surface area contributed by atoms with E-state index in [4.69, 9.17) is 5.73 Å². The van der Waals surface area contributed by atoms with Crippen molar-refractivity contribution in [2.75, 3.05) is 0 Å². The number of halogens is 3. The minimum Gasteiger partial charge on any atom is -0.324 e. The fraction of sp³-hybridized carbons (Fsp3) is 0.538. The second-order valence-corrected chi connectivity index (χ2v) is 4.95. The first-order valence-corrected chi connectivity index (χ1v) is 5.78. The highest BCUT2D eigenvalue weighted by Gasteiger charge is 2.41. The summed E-state index contributed by atoms with van der Waals surface area (Å²) in [4.78, 5) is 0. The average Bonchev–Trinajstić information content (AvgIpc) is 2.56. The maximum atomic E-state index is 13.2. The summed E-state index contributed by atoms with van der Waals surface area (Å²) < 4.78 is 39.4. The maximum absolute atomic E-state index is 13.2. The molecule has 2 N–H and O–H groups in total. The topological polar surface area (TPSA) is 26.0 Å². The van der Waals surface area contributed by atoms with Gasteiger partial charge in [-0.05, 0) is 42.5 Å². The van der Waals surface area contributed by atoms with Gasteiger partial charge in [0.2, 0.25) is 5.92 Å². The third kappa shape index (κ3) is 2.80. The number of aryl methyl sites for hydroxylation is 1. The van der Waals surface area contributed by atoms with Crippen LogP contribution in [0.4, 0.5) is 13.2 Å². The van der Waals surface area contributed by atoms with Gasteiger partial charge < -0.3 is 5.73 Å². The smallest absolute Gasteiger partial charge is 0.248 e. The van der Waals surface area contributed by atoms with E-state index in [0.29, 0.717) is 12.0 Å². The number of hydrogen-bond donors (Lipinski definition) is 1. The summed E-state index contributed by atoms with van der Waals surface area (Å²) in [7, 11) is 0. The fourth-order valence-electron chi connectivity index (χ4n) is 2.52. The normalized spacial score (nSPS) is 24.9. The van der Waals surface area contributed by atoms with Crippen LogP contribution >= 0.6 is 0 Å². The van der Waals surface area contributed by atoms with Gasteiger partial charge in [0.05, 0.1) is 0 Å². The molecule has 17 heavy (non-hydrogen) atoms. The van der Waals surface area contributed by atoms with Crippen molar-refractivity contribution in [3.63, 3.8) is 0 Å². The van der Waals surface area contributed by atoms with E-state index >= 15 is 0 Å². The number of rotatable bonds is 2. The molecule has 1 aromatic rings.